The quantitative estimate of drug-likeness (QED) is 0.258. The number of methoxy groups -OCH3 is 1. The minimum absolute atomic E-state index is 0.0117. The van der Waals surface area contributed by atoms with Crippen molar-refractivity contribution in [3.05, 3.63) is 88.4 Å². The van der Waals surface area contributed by atoms with E-state index in [-0.39, 0.29) is 23.0 Å². The largest absolute Gasteiger partial charge is 0.493 e. The zero-order chi connectivity index (χ0) is 22.7. The minimum Gasteiger partial charge on any atom is -0.493 e. The van der Waals surface area contributed by atoms with Gasteiger partial charge in [-0.2, -0.15) is 9.78 Å². The van der Waals surface area contributed by atoms with Gasteiger partial charge in [-0.15, -0.1) is 0 Å². The Morgan fingerprint density at radius 1 is 1.12 bits per heavy atom. The second kappa shape index (κ2) is 8.89. The molecule has 0 aliphatic heterocycles. The van der Waals surface area contributed by atoms with Crippen LogP contribution in [0.25, 0.3) is 10.9 Å². The lowest BCUT2D eigenvalue weighted by atomic mass is 10.2. The van der Waals surface area contributed by atoms with E-state index in [9.17, 15) is 9.59 Å². The van der Waals surface area contributed by atoms with Gasteiger partial charge in [0, 0.05) is 5.92 Å². The van der Waals surface area contributed by atoms with Crippen molar-refractivity contribution in [2.24, 2.45) is 5.10 Å². The lowest BCUT2D eigenvalue weighted by Gasteiger charge is -2.12. The third-order valence-corrected chi connectivity index (χ3v) is 4.73. The standard InChI is InChI=1S/C24H21N3O5/c1-15(2)22-26-18-8-5-4-7-17(18)23(28)27(22)25-14-16-10-11-19(21(13-16)30-3)32-24(29)20-9-6-12-31-20/h4-15H,1-3H3. The molecule has 0 saturated carbocycles. The van der Waals surface area contributed by atoms with Crippen molar-refractivity contribution in [2.75, 3.05) is 7.11 Å². The number of nitrogens with zero attached hydrogens (tertiary/aromatic N) is 3. The molecule has 0 atom stereocenters. The van der Waals surface area contributed by atoms with E-state index in [0.29, 0.717) is 28.0 Å². The van der Waals surface area contributed by atoms with Gasteiger partial charge in [0.15, 0.2) is 11.5 Å². The first-order valence-corrected chi connectivity index (χ1v) is 9.97. The number of aromatic nitrogens is 2. The van der Waals surface area contributed by atoms with E-state index < -0.39 is 5.97 Å². The molecule has 4 aromatic rings. The van der Waals surface area contributed by atoms with E-state index >= 15 is 0 Å². The first kappa shape index (κ1) is 21.0. The molecule has 8 heteroatoms. The molecule has 0 aliphatic carbocycles. The molecule has 0 N–H and O–H groups in total. The predicted octanol–water partition coefficient (Wildman–Crippen LogP) is 4.22. The third kappa shape index (κ3) is 4.15. The molecule has 2 aromatic heterocycles. The van der Waals surface area contributed by atoms with E-state index in [4.69, 9.17) is 13.9 Å². The third-order valence-electron chi connectivity index (χ3n) is 4.73. The summed E-state index contributed by atoms with van der Waals surface area (Å²) in [6.07, 6.45) is 2.92. The van der Waals surface area contributed by atoms with Gasteiger partial charge in [-0.3, -0.25) is 4.79 Å². The highest BCUT2D eigenvalue weighted by Gasteiger charge is 2.16. The molecule has 2 heterocycles. The fourth-order valence-electron chi connectivity index (χ4n) is 3.14. The van der Waals surface area contributed by atoms with Crippen molar-refractivity contribution in [2.45, 2.75) is 19.8 Å². The van der Waals surface area contributed by atoms with Crippen LogP contribution in [0, 0.1) is 0 Å². The van der Waals surface area contributed by atoms with E-state index in [0.717, 1.165) is 0 Å². The van der Waals surface area contributed by atoms with Gasteiger partial charge in [-0.1, -0.05) is 26.0 Å². The van der Waals surface area contributed by atoms with E-state index in [1.165, 1.54) is 30.3 Å². The molecule has 4 rings (SSSR count). The average molecular weight is 431 g/mol. The number of benzene rings is 2. The molecule has 8 nitrogen and oxygen atoms in total. The molecule has 0 fully saturated rings. The molecule has 32 heavy (non-hydrogen) atoms. The molecule has 2 aromatic carbocycles. The number of fused-ring (bicyclic) bond motifs is 1. The number of hydrogen-bond donors (Lipinski definition) is 0. The van der Waals surface area contributed by atoms with Crippen molar-refractivity contribution in [3.8, 4) is 11.5 Å². The molecule has 0 saturated heterocycles. The van der Waals surface area contributed by atoms with Gasteiger partial charge in [-0.05, 0) is 48.0 Å². The molecular weight excluding hydrogens is 410 g/mol. The summed E-state index contributed by atoms with van der Waals surface area (Å²) in [6, 6.07) is 15.2. The Morgan fingerprint density at radius 3 is 2.66 bits per heavy atom. The van der Waals surface area contributed by atoms with Crippen molar-refractivity contribution < 1.29 is 18.7 Å². The van der Waals surface area contributed by atoms with Crippen LogP contribution in [0.5, 0.6) is 11.5 Å². The number of hydrogen-bond acceptors (Lipinski definition) is 7. The summed E-state index contributed by atoms with van der Waals surface area (Å²) in [5.74, 6) is 0.566. The summed E-state index contributed by atoms with van der Waals surface area (Å²) in [5, 5.41) is 4.88. The Balaban J connectivity index is 1.67. The SMILES string of the molecule is COc1cc(C=Nn2c(C(C)C)nc3ccccc3c2=O)ccc1OC(=O)c1ccco1. The summed E-state index contributed by atoms with van der Waals surface area (Å²) in [5.41, 5.74) is 1.04. The van der Waals surface area contributed by atoms with Gasteiger partial charge in [0.05, 0.1) is 30.5 Å². The lowest BCUT2D eigenvalue weighted by Crippen LogP contribution is -2.23. The fraction of sp³-hybridized carbons (Fsp3) is 0.167. The number of carbonyl (C=O) groups excluding carboxylic acids is 1. The van der Waals surface area contributed by atoms with Crippen molar-refractivity contribution in [1.82, 2.24) is 9.66 Å². The maximum Gasteiger partial charge on any atom is 0.379 e. The highest BCUT2D eigenvalue weighted by atomic mass is 16.6. The van der Waals surface area contributed by atoms with Gasteiger partial charge in [0.25, 0.3) is 5.56 Å². The van der Waals surface area contributed by atoms with Gasteiger partial charge >= 0.3 is 5.97 Å². The summed E-state index contributed by atoms with van der Waals surface area (Å²) in [7, 11) is 1.47. The zero-order valence-electron chi connectivity index (χ0n) is 17.8. The Kier molecular flexibility index (Phi) is 5.85. The van der Waals surface area contributed by atoms with Crippen LogP contribution in [0.1, 0.15) is 41.7 Å². The summed E-state index contributed by atoms with van der Waals surface area (Å²) in [6.45, 7) is 3.90. The van der Waals surface area contributed by atoms with Crippen LogP contribution in [0.4, 0.5) is 0 Å². The summed E-state index contributed by atoms with van der Waals surface area (Å²) >= 11 is 0. The predicted molar refractivity (Wildman–Crippen MR) is 120 cm³/mol. The van der Waals surface area contributed by atoms with Crippen LogP contribution in [0.3, 0.4) is 0 Å². The Hall–Kier alpha value is -4.20. The topological polar surface area (TPSA) is 95.9 Å². The number of esters is 1. The lowest BCUT2D eigenvalue weighted by molar-refractivity contribution is 0.0696. The highest BCUT2D eigenvalue weighted by molar-refractivity contribution is 5.89. The normalized spacial score (nSPS) is 11.4. The highest BCUT2D eigenvalue weighted by Crippen LogP contribution is 2.28. The first-order valence-electron chi connectivity index (χ1n) is 9.97. The Bertz CT molecular complexity index is 1350. The molecule has 0 radical (unpaired) electrons. The zero-order valence-corrected chi connectivity index (χ0v) is 17.8. The monoisotopic (exact) mass is 431 g/mol. The summed E-state index contributed by atoms with van der Waals surface area (Å²) in [4.78, 5) is 29.8. The summed E-state index contributed by atoms with van der Waals surface area (Å²) < 4.78 is 17.1. The van der Waals surface area contributed by atoms with Crippen molar-refractivity contribution >= 4 is 23.1 Å². The number of furan rings is 1. The molecule has 0 bridgehead atoms. The van der Waals surface area contributed by atoms with Crippen LogP contribution < -0.4 is 15.0 Å². The second-order valence-electron chi connectivity index (χ2n) is 7.28. The number of para-hydroxylation sites is 1. The Labute approximate surface area is 183 Å². The molecule has 0 amide bonds. The van der Waals surface area contributed by atoms with Gasteiger partial charge in [-0.25, -0.2) is 9.78 Å². The fourth-order valence-corrected chi connectivity index (χ4v) is 3.14. The van der Waals surface area contributed by atoms with Crippen LogP contribution in [-0.2, 0) is 0 Å². The van der Waals surface area contributed by atoms with Crippen LogP contribution in [0.2, 0.25) is 0 Å². The first-order chi connectivity index (χ1) is 15.5. The van der Waals surface area contributed by atoms with Crippen LogP contribution >= 0.6 is 0 Å². The van der Waals surface area contributed by atoms with Crippen molar-refractivity contribution in [1.29, 1.82) is 0 Å². The number of rotatable bonds is 6. The maximum absolute atomic E-state index is 13.0. The number of ether oxygens (including phenoxy) is 2. The molecule has 0 unspecified atom stereocenters. The van der Waals surface area contributed by atoms with Crippen LogP contribution in [0.15, 0.2) is 75.2 Å². The van der Waals surface area contributed by atoms with Crippen molar-refractivity contribution in [3.63, 3.8) is 0 Å². The molecular formula is C24H21N3O5. The van der Waals surface area contributed by atoms with E-state index in [1.54, 1.807) is 36.4 Å². The Morgan fingerprint density at radius 2 is 1.94 bits per heavy atom. The second-order valence-corrected chi connectivity index (χ2v) is 7.28. The van der Waals surface area contributed by atoms with Gasteiger partial charge < -0.3 is 13.9 Å². The van der Waals surface area contributed by atoms with Gasteiger partial charge in [0.2, 0.25) is 5.76 Å². The van der Waals surface area contributed by atoms with E-state index in [1.807, 2.05) is 26.0 Å². The van der Waals surface area contributed by atoms with Crippen LogP contribution in [-0.4, -0.2) is 29.0 Å². The van der Waals surface area contributed by atoms with E-state index in [2.05, 4.69) is 10.1 Å². The molecule has 0 aliphatic rings. The molecule has 162 valence electrons. The number of carbonyl (C=O) groups is 1. The molecule has 0 spiro atoms. The minimum atomic E-state index is -0.634. The average Bonchev–Trinajstić information content (AvgIpc) is 3.34. The van der Waals surface area contributed by atoms with Gasteiger partial charge in [0.1, 0.15) is 5.82 Å². The smallest absolute Gasteiger partial charge is 0.379 e. The maximum atomic E-state index is 13.0.